The third-order valence-electron chi connectivity index (χ3n) is 1.59. The van der Waals surface area contributed by atoms with Crippen molar-refractivity contribution in [2.45, 2.75) is 6.54 Å². The molecule has 54 valence electrons. The van der Waals surface area contributed by atoms with Crippen LogP contribution in [0.2, 0.25) is 0 Å². The summed E-state index contributed by atoms with van der Waals surface area (Å²) < 4.78 is 1.80. The second-order valence-electron chi connectivity index (χ2n) is 2.32. The Bertz CT molecular complexity index is 342. The van der Waals surface area contributed by atoms with E-state index in [0.29, 0.717) is 5.69 Å². The van der Waals surface area contributed by atoms with Crippen LogP contribution >= 0.6 is 0 Å². The van der Waals surface area contributed by atoms with Gasteiger partial charge in [0.25, 0.3) is 0 Å². The van der Waals surface area contributed by atoms with Crippen LogP contribution in [0.3, 0.4) is 0 Å². The maximum Gasteiger partial charge on any atom is 0.163 e. The SMILES string of the molecule is N#Cc1cc2n(n1)CCN=C2. The molecule has 0 unspecified atom stereocenters. The van der Waals surface area contributed by atoms with Gasteiger partial charge < -0.3 is 0 Å². The highest BCUT2D eigenvalue weighted by atomic mass is 15.3. The zero-order valence-corrected chi connectivity index (χ0v) is 5.86. The smallest absolute Gasteiger partial charge is 0.163 e. The highest BCUT2D eigenvalue weighted by molar-refractivity contribution is 5.78. The molecule has 0 atom stereocenters. The molecular weight excluding hydrogens is 140 g/mol. The third kappa shape index (κ3) is 0.905. The lowest BCUT2D eigenvalue weighted by Crippen LogP contribution is -2.11. The molecule has 0 aliphatic carbocycles. The van der Waals surface area contributed by atoms with Crippen molar-refractivity contribution < 1.29 is 0 Å². The Labute approximate surface area is 63.8 Å². The first-order valence-corrected chi connectivity index (χ1v) is 3.38. The Kier molecular flexibility index (Phi) is 1.22. The Morgan fingerprint density at radius 1 is 1.64 bits per heavy atom. The largest absolute Gasteiger partial charge is 0.289 e. The number of aliphatic imine (C=N–C) groups is 1. The number of hydrogen-bond donors (Lipinski definition) is 0. The molecule has 0 radical (unpaired) electrons. The molecule has 0 fully saturated rings. The van der Waals surface area contributed by atoms with Gasteiger partial charge in [0.1, 0.15) is 6.07 Å². The average molecular weight is 146 g/mol. The predicted octanol–water partition coefficient (Wildman–Crippen LogP) is 0.187. The van der Waals surface area contributed by atoms with Crippen LogP contribution in [0.25, 0.3) is 0 Å². The monoisotopic (exact) mass is 146 g/mol. The average Bonchev–Trinajstić information content (AvgIpc) is 2.46. The van der Waals surface area contributed by atoms with Gasteiger partial charge in [-0.25, -0.2) is 0 Å². The van der Waals surface area contributed by atoms with Crippen LogP contribution in [0.15, 0.2) is 11.1 Å². The zero-order chi connectivity index (χ0) is 7.68. The molecule has 0 aromatic carbocycles. The minimum atomic E-state index is 0.466. The molecule has 4 nitrogen and oxygen atoms in total. The number of nitriles is 1. The molecule has 2 heterocycles. The summed E-state index contributed by atoms with van der Waals surface area (Å²) in [6, 6.07) is 3.73. The third-order valence-corrected chi connectivity index (χ3v) is 1.59. The quantitative estimate of drug-likeness (QED) is 0.524. The van der Waals surface area contributed by atoms with E-state index in [1.54, 1.807) is 17.0 Å². The van der Waals surface area contributed by atoms with E-state index in [-0.39, 0.29) is 0 Å². The molecule has 1 aromatic heterocycles. The molecule has 0 bridgehead atoms. The number of fused-ring (bicyclic) bond motifs is 1. The van der Waals surface area contributed by atoms with Crippen LogP contribution in [0.5, 0.6) is 0 Å². The molecule has 2 rings (SSSR count). The lowest BCUT2D eigenvalue weighted by atomic mass is 10.3. The second kappa shape index (κ2) is 2.20. The van der Waals surface area contributed by atoms with Crippen LogP contribution < -0.4 is 0 Å². The van der Waals surface area contributed by atoms with E-state index >= 15 is 0 Å². The molecule has 0 spiro atoms. The first kappa shape index (κ1) is 6.10. The maximum absolute atomic E-state index is 8.52. The van der Waals surface area contributed by atoms with Gasteiger partial charge in [0.2, 0.25) is 0 Å². The molecule has 4 heteroatoms. The summed E-state index contributed by atoms with van der Waals surface area (Å²) in [6.45, 7) is 1.55. The Hall–Kier alpha value is -1.63. The first-order valence-electron chi connectivity index (χ1n) is 3.38. The van der Waals surface area contributed by atoms with Gasteiger partial charge in [-0.05, 0) is 0 Å². The van der Waals surface area contributed by atoms with E-state index in [0.717, 1.165) is 18.8 Å². The van der Waals surface area contributed by atoms with Crippen molar-refractivity contribution in [1.82, 2.24) is 9.78 Å². The van der Waals surface area contributed by atoms with Crippen LogP contribution in [0.4, 0.5) is 0 Å². The van der Waals surface area contributed by atoms with E-state index in [1.807, 2.05) is 6.07 Å². The van der Waals surface area contributed by atoms with Crippen LogP contribution in [0.1, 0.15) is 11.4 Å². The zero-order valence-electron chi connectivity index (χ0n) is 5.86. The molecule has 0 amide bonds. The van der Waals surface area contributed by atoms with Crippen molar-refractivity contribution >= 4 is 6.21 Å². The summed E-state index contributed by atoms with van der Waals surface area (Å²) in [5, 5.41) is 12.6. The summed E-state index contributed by atoms with van der Waals surface area (Å²) in [6.07, 6.45) is 1.75. The molecule has 1 aromatic rings. The van der Waals surface area contributed by atoms with Gasteiger partial charge in [-0.2, -0.15) is 10.4 Å². The normalized spacial score (nSPS) is 14.1. The molecule has 1 aliphatic heterocycles. The summed E-state index contributed by atoms with van der Waals surface area (Å²) >= 11 is 0. The number of aromatic nitrogens is 2. The lowest BCUT2D eigenvalue weighted by molar-refractivity contribution is 0.609. The van der Waals surface area contributed by atoms with Crippen LogP contribution in [-0.4, -0.2) is 22.5 Å². The molecule has 0 saturated carbocycles. The van der Waals surface area contributed by atoms with Gasteiger partial charge in [-0.15, -0.1) is 0 Å². The standard InChI is InChI=1S/C7H6N4/c8-4-6-3-7-5-9-1-2-11(7)10-6/h3,5H,1-2H2. The van der Waals surface area contributed by atoms with Crippen molar-refractivity contribution in [2.24, 2.45) is 4.99 Å². The van der Waals surface area contributed by atoms with Crippen molar-refractivity contribution in [3.05, 3.63) is 17.5 Å². The summed E-state index contributed by atoms with van der Waals surface area (Å²) in [5.41, 5.74) is 1.39. The summed E-state index contributed by atoms with van der Waals surface area (Å²) in [7, 11) is 0. The van der Waals surface area contributed by atoms with E-state index in [1.165, 1.54) is 0 Å². The van der Waals surface area contributed by atoms with Crippen LogP contribution in [-0.2, 0) is 6.54 Å². The first-order chi connectivity index (χ1) is 5.40. The van der Waals surface area contributed by atoms with Crippen molar-refractivity contribution in [3.8, 4) is 6.07 Å². The molecular formula is C7H6N4. The van der Waals surface area contributed by atoms with Crippen molar-refractivity contribution in [3.63, 3.8) is 0 Å². The molecule has 11 heavy (non-hydrogen) atoms. The Morgan fingerprint density at radius 3 is 3.27 bits per heavy atom. The van der Waals surface area contributed by atoms with Gasteiger partial charge in [-0.1, -0.05) is 0 Å². The number of hydrogen-bond acceptors (Lipinski definition) is 3. The van der Waals surface area contributed by atoms with Gasteiger partial charge >= 0.3 is 0 Å². The van der Waals surface area contributed by atoms with Crippen LogP contribution in [0, 0.1) is 11.3 Å². The second-order valence-corrected chi connectivity index (χ2v) is 2.32. The van der Waals surface area contributed by atoms with Gasteiger partial charge in [-0.3, -0.25) is 9.67 Å². The predicted molar refractivity (Wildman–Crippen MR) is 39.4 cm³/mol. The summed E-state index contributed by atoms with van der Waals surface area (Å²) in [4.78, 5) is 4.07. The highest BCUT2D eigenvalue weighted by Gasteiger charge is 2.07. The van der Waals surface area contributed by atoms with Crippen molar-refractivity contribution in [2.75, 3.05) is 6.54 Å². The molecule has 1 aliphatic rings. The van der Waals surface area contributed by atoms with E-state index in [9.17, 15) is 0 Å². The fourth-order valence-electron chi connectivity index (χ4n) is 1.08. The van der Waals surface area contributed by atoms with E-state index in [4.69, 9.17) is 5.26 Å². The maximum atomic E-state index is 8.52. The lowest BCUT2D eigenvalue weighted by Gasteiger charge is -2.05. The Morgan fingerprint density at radius 2 is 2.55 bits per heavy atom. The minimum absolute atomic E-state index is 0.466. The summed E-state index contributed by atoms with van der Waals surface area (Å²) in [5.74, 6) is 0. The Balaban J connectivity index is 2.52. The fourth-order valence-corrected chi connectivity index (χ4v) is 1.08. The molecule has 0 saturated heterocycles. The van der Waals surface area contributed by atoms with E-state index < -0.39 is 0 Å². The van der Waals surface area contributed by atoms with Gasteiger partial charge in [0.15, 0.2) is 5.69 Å². The fraction of sp³-hybridized carbons (Fsp3) is 0.286. The number of rotatable bonds is 0. The molecule has 0 N–H and O–H groups in total. The van der Waals surface area contributed by atoms with E-state index in [2.05, 4.69) is 10.1 Å². The van der Waals surface area contributed by atoms with Crippen molar-refractivity contribution in [1.29, 1.82) is 5.26 Å². The minimum Gasteiger partial charge on any atom is -0.289 e. The van der Waals surface area contributed by atoms with Gasteiger partial charge in [0.05, 0.1) is 18.8 Å². The van der Waals surface area contributed by atoms with Gasteiger partial charge in [0, 0.05) is 12.3 Å². The number of nitrogens with zero attached hydrogens (tertiary/aromatic N) is 4. The topological polar surface area (TPSA) is 54.0 Å². The highest BCUT2D eigenvalue weighted by Crippen LogP contribution is 2.04.